The van der Waals surface area contributed by atoms with Gasteiger partial charge < -0.3 is 13.8 Å². The summed E-state index contributed by atoms with van der Waals surface area (Å²) < 4.78 is 37.3. The molecule has 3 aromatic heterocycles. The molecule has 3 aromatic rings. The van der Waals surface area contributed by atoms with Crippen molar-refractivity contribution < 1.29 is 22.5 Å². The highest BCUT2D eigenvalue weighted by Gasteiger charge is 2.21. The van der Waals surface area contributed by atoms with Crippen LogP contribution in [0.25, 0.3) is 11.4 Å². The molecule has 136 valence electrons. The van der Waals surface area contributed by atoms with E-state index in [9.17, 15) is 13.2 Å². The monoisotopic (exact) mass is 377 g/mol. The Kier molecular flexibility index (Phi) is 4.82. The largest absolute Gasteiger partial charge is 0.451 e. The zero-order chi connectivity index (χ0) is 18.7. The van der Waals surface area contributed by atoms with Crippen molar-refractivity contribution in [3.63, 3.8) is 0 Å². The van der Waals surface area contributed by atoms with Crippen molar-refractivity contribution in [3.8, 4) is 11.4 Å². The molecule has 0 aliphatic rings. The van der Waals surface area contributed by atoms with Gasteiger partial charge in [0.1, 0.15) is 10.6 Å². The van der Waals surface area contributed by atoms with Crippen LogP contribution in [-0.2, 0) is 28.4 Å². The highest BCUT2D eigenvalue weighted by molar-refractivity contribution is 7.89. The van der Waals surface area contributed by atoms with E-state index in [1.165, 1.54) is 23.9 Å². The summed E-state index contributed by atoms with van der Waals surface area (Å²) in [5.41, 5.74) is 0.740. The van der Waals surface area contributed by atoms with Gasteiger partial charge in [-0.2, -0.15) is 4.98 Å². The van der Waals surface area contributed by atoms with E-state index in [-0.39, 0.29) is 23.1 Å². The number of aryl methyl sites for hydroxylation is 1. The number of pyridine rings is 1. The Labute approximate surface area is 148 Å². The number of nitrogens with zero attached hydrogens (tertiary/aromatic N) is 4. The van der Waals surface area contributed by atoms with Crippen LogP contribution in [0.3, 0.4) is 0 Å². The molecule has 0 aliphatic carbocycles. The summed E-state index contributed by atoms with van der Waals surface area (Å²) >= 11 is 0. The third-order valence-corrected chi connectivity index (χ3v) is 4.86. The number of carbonyl (C=O) groups excluding carboxylic acids is 1. The Balaban J connectivity index is 1.69. The van der Waals surface area contributed by atoms with Gasteiger partial charge in [-0.05, 0) is 25.2 Å². The van der Waals surface area contributed by atoms with E-state index in [1.54, 1.807) is 31.6 Å². The second-order valence-electron chi connectivity index (χ2n) is 5.21. The van der Waals surface area contributed by atoms with Gasteiger partial charge in [0.2, 0.25) is 15.8 Å². The number of ether oxygens (including phenoxy) is 1. The summed E-state index contributed by atoms with van der Waals surface area (Å²) in [5.74, 6) is -0.286. The summed E-state index contributed by atoms with van der Waals surface area (Å²) in [6, 6.07) is 4.72. The lowest BCUT2D eigenvalue weighted by molar-refractivity contribution is 0.0418. The normalized spacial score (nSPS) is 11.5. The fraction of sp³-hybridized carbons (Fsp3) is 0.200. The maximum atomic E-state index is 12.2. The molecule has 3 heterocycles. The number of hydrogen-bond acceptors (Lipinski definition) is 8. The maximum absolute atomic E-state index is 12.2. The summed E-state index contributed by atoms with van der Waals surface area (Å²) in [6.45, 7) is -0.245. The first-order valence-electron chi connectivity index (χ1n) is 7.41. The first-order chi connectivity index (χ1) is 12.4. The zero-order valence-corrected chi connectivity index (χ0v) is 14.7. The van der Waals surface area contributed by atoms with E-state index < -0.39 is 16.0 Å². The Bertz CT molecular complexity index is 1030. The van der Waals surface area contributed by atoms with Crippen LogP contribution in [0.2, 0.25) is 0 Å². The number of sulfonamides is 1. The van der Waals surface area contributed by atoms with Crippen LogP contribution in [0.4, 0.5) is 0 Å². The topological polar surface area (TPSA) is 129 Å². The molecule has 26 heavy (non-hydrogen) atoms. The molecule has 0 amide bonds. The second kappa shape index (κ2) is 7.06. The molecule has 0 bridgehead atoms. The highest BCUT2D eigenvalue weighted by atomic mass is 32.2. The molecule has 0 fully saturated rings. The third-order valence-electron chi connectivity index (χ3n) is 3.48. The number of nitrogens with one attached hydrogen (secondary N) is 1. The minimum atomic E-state index is -3.65. The number of esters is 1. The van der Waals surface area contributed by atoms with Gasteiger partial charge in [0.25, 0.3) is 5.89 Å². The van der Waals surface area contributed by atoms with Crippen LogP contribution < -0.4 is 4.72 Å². The minimum absolute atomic E-state index is 0.0360. The number of rotatable bonds is 6. The quantitative estimate of drug-likeness (QED) is 0.623. The number of aromatic nitrogens is 4. The van der Waals surface area contributed by atoms with Crippen molar-refractivity contribution in [2.75, 3.05) is 7.05 Å². The zero-order valence-electron chi connectivity index (χ0n) is 13.9. The molecular formula is C15H15N5O5S. The van der Waals surface area contributed by atoms with E-state index in [4.69, 9.17) is 9.26 Å². The molecule has 0 saturated heterocycles. The van der Waals surface area contributed by atoms with Crippen LogP contribution in [0, 0.1) is 0 Å². The molecule has 3 rings (SSSR count). The Hall–Kier alpha value is -3.05. The van der Waals surface area contributed by atoms with Crippen molar-refractivity contribution in [2.24, 2.45) is 7.05 Å². The van der Waals surface area contributed by atoms with Gasteiger partial charge in [-0.3, -0.25) is 4.98 Å². The molecule has 0 aliphatic heterocycles. The van der Waals surface area contributed by atoms with Gasteiger partial charge in [-0.1, -0.05) is 5.16 Å². The second-order valence-corrected chi connectivity index (χ2v) is 7.10. The minimum Gasteiger partial charge on any atom is -0.451 e. The molecule has 0 radical (unpaired) electrons. The average molecular weight is 377 g/mol. The van der Waals surface area contributed by atoms with Crippen LogP contribution in [0.5, 0.6) is 0 Å². The SMILES string of the molecule is CNS(=O)(=O)c1cc(C(=O)OCc2nc(-c3cccnc3)no2)n(C)c1. The van der Waals surface area contributed by atoms with E-state index in [0.717, 1.165) is 0 Å². The molecule has 10 nitrogen and oxygen atoms in total. The van der Waals surface area contributed by atoms with Gasteiger partial charge >= 0.3 is 5.97 Å². The standard InChI is InChI=1S/C15H15N5O5S/c1-16-26(22,23)11-6-12(20(2)8-11)15(21)24-9-13-18-14(19-25-13)10-4-3-5-17-7-10/h3-8,16H,9H2,1-2H3. The number of carbonyl (C=O) groups is 1. The van der Waals surface area contributed by atoms with Gasteiger partial charge in [0, 0.05) is 31.2 Å². The lowest BCUT2D eigenvalue weighted by Gasteiger charge is -2.02. The predicted molar refractivity (Wildman–Crippen MR) is 88.3 cm³/mol. The molecule has 0 atom stereocenters. The van der Waals surface area contributed by atoms with Gasteiger partial charge in [0.15, 0.2) is 6.61 Å². The van der Waals surface area contributed by atoms with E-state index in [2.05, 4.69) is 19.8 Å². The molecule has 11 heteroatoms. The molecule has 1 N–H and O–H groups in total. The Morgan fingerprint density at radius 1 is 1.42 bits per heavy atom. The summed E-state index contributed by atoms with van der Waals surface area (Å²) in [7, 11) is -0.826. The molecule has 0 spiro atoms. The average Bonchev–Trinajstić information content (AvgIpc) is 3.27. The van der Waals surface area contributed by atoms with Gasteiger partial charge in [-0.25, -0.2) is 17.9 Å². The third kappa shape index (κ3) is 3.63. The first-order valence-corrected chi connectivity index (χ1v) is 8.89. The molecule has 0 aromatic carbocycles. The van der Waals surface area contributed by atoms with Gasteiger partial charge in [0.05, 0.1) is 0 Å². The van der Waals surface area contributed by atoms with E-state index in [0.29, 0.717) is 11.4 Å². The van der Waals surface area contributed by atoms with E-state index in [1.807, 2.05) is 0 Å². The molecule has 0 saturated carbocycles. The predicted octanol–water partition coefficient (Wildman–Crippen LogP) is 0.735. The van der Waals surface area contributed by atoms with E-state index >= 15 is 0 Å². The van der Waals surface area contributed by atoms with Crippen LogP contribution >= 0.6 is 0 Å². The maximum Gasteiger partial charge on any atom is 0.355 e. The van der Waals surface area contributed by atoms with Crippen LogP contribution in [-0.4, -0.2) is 41.1 Å². The lowest BCUT2D eigenvalue weighted by atomic mass is 10.3. The smallest absolute Gasteiger partial charge is 0.355 e. The Morgan fingerprint density at radius 2 is 2.23 bits per heavy atom. The van der Waals surface area contributed by atoms with Crippen molar-refractivity contribution in [2.45, 2.75) is 11.5 Å². The van der Waals surface area contributed by atoms with Crippen molar-refractivity contribution in [1.82, 2.24) is 24.4 Å². The lowest BCUT2D eigenvalue weighted by Crippen LogP contribution is -2.17. The summed E-state index contributed by atoms with van der Waals surface area (Å²) in [5, 5.41) is 3.79. The van der Waals surface area contributed by atoms with Crippen molar-refractivity contribution >= 4 is 16.0 Å². The highest BCUT2D eigenvalue weighted by Crippen LogP contribution is 2.16. The number of hydrogen-bond donors (Lipinski definition) is 1. The van der Waals surface area contributed by atoms with Crippen molar-refractivity contribution in [3.05, 3.63) is 48.4 Å². The first kappa shape index (κ1) is 17.8. The summed E-state index contributed by atoms with van der Waals surface area (Å²) in [4.78, 5) is 20.2. The molecule has 0 unspecified atom stereocenters. The Morgan fingerprint density at radius 3 is 2.92 bits per heavy atom. The van der Waals surface area contributed by atoms with Crippen molar-refractivity contribution in [1.29, 1.82) is 0 Å². The fourth-order valence-corrected chi connectivity index (χ4v) is 2.93. The van der Waals surface area contributed by atoms with Crippen LogP contribution in [0.15, 0.2) is 46.2 Å². The molecular weight excluding hydrogens is 362 g/mol. The fourth-order valence-electron chi connectivity index (χ4n) is 2.13. The summed E-state index contributed by atoms with van der Waals surface area (Å²) in [6.07, 6.45) is 4.51. The van der Waals surface area contributed by atoms with Crippen LogP contribution in [0.1, 0.15) is 16.4 Å². The van der Waals surface area contributed by atoms with Gasteiger partial charge in [-0.15, -0.1) is 0 Å².